The van der Waals surface area contributed by atoms with Gasteiger partial charge in [0.05, 0.1) is 27.6 Å². The highest BCUT2D eigenvalue weighted by atomic mass is 35.5. The largest absolute Gasteiger partial charge is 0.465 e. The molecule has 0 saturated carbocycles. The van der Waals surface area contributed by atoms with Crippen LogP contribution in [0.4, 0.5) is 0 Å². The SMILES string of the molecule is CCOC(=O)CNC1=C(/C=N\C)[C@H](NS(=O)(=O)c2ccc(Oc3ccccc3Cl)c(Cl)c2)CCC1. The topological polar surface area (TPSA) is 106 Å². The van der Waals surface area contributed by atoms with Crippen molar-refractivity contribution in [1.82, 2.24) is 10.0 Å². The first-order valence-electron chi connectivity index (χ1n) is 11.0. The molecule has 0 unspecified atom stereocenters. The molecule has 1 aliphatic carbocycles. The Kier molecular flexibility index (Phi) is 9.56. The normalized spacial score (nSPS) is 16.4. The van der Waals surface area contributed by atoms with E-state index < -0.39 is 16.1 Å². The van der Waals surface area contributed by atoms with Gasteiger partial charge in [0.15, 0.2) is 0 Å². The minimum absolute atomic E-state index is 0.00611. The zero-order valence-corrected chi connectivity index (χ0v) is 21.7. The summed E-state index contributed by atoms with van der Waals surface area (Å²) >= 11 is 12.5. The lowest BCUT2D eigenvalue weighted by Crippen LogP contribution is -2.41. The number of halogens is 2. The number of nitrogens with one attached hydrogen (secondary N) is 2. The number of nitrogens with zero attached hydrogens (tertiary/aromatic N) is 1. The molecule has 0 aliphatic heterocycles. The molecule has 35 heavy (non-hydrogen) atoms. The Morgan fingerprint density at radius 2 is 1.91 bits per heavy atom. The molecule has 0 saturated heterocycles. The summed E-state index contributed by atoms with van der Waals surface area (Å²) in [7, 11) is -2.32. The summed E-state index contributed by atoms with van der Waals surface area (Å²) < 4.78 is 39.8. The lowest BCUT2D eigenvalue weighted by Gasteiger charge is -2.28. The standard InChI is InChI=1S/C24H27Cl2N3O5S/c1-3-33-24(30)15-28-20-8-6-9-21(17(20)14-27-2)29-35(31,32)16-11-12-23(19(26)13-16)34-22-10-5-4-7-18(22)25/h4-5,7,10-14,21,28-29H,3,6,8-9,15H2,1-2H3/b27-14-/t21-/m1/s1. The van der Waals surface area contributed by atoms with E-state index in [1.165, 1.54) is 18.2 Å². The Bertz CT molecular complexity index is 1230. The minimum atomic E-state index is -3.93. The molecule has 0 spiro atoms. The Morgan fingerprint density at radius 1 is 1.17 bits per heavy atom. The van der Waals surface area contributed by atoms with E-state index in [4.69, 9.17) is 32.7 Å². The van der Waals surface area contributed by atoms with Crippen LogP contribution >= 0.6 is 23.2 Å². The van der Waals surface area contributed by atoms with Crippen LogP contribution in [-0.4, -0.2) is 46.8 Å². The van der Waals surface area contributed by atoms with E-state index in [1.807, 2.05) is 0 Å². The maximum Gasteiger partial charge on any atom is 0.325 e. The Labute approximate surface area is 215 Å². The molecule has 0 radical (unpaired) electrons. The van der Waals surface area contributed by atoms with E-state index in [0.29, 0.717) is 29.2 Å². The van der Waals surface area contributed by atoms with Crippen molar-refractivity contribution in [3.63, 3.8) is 0 Å². The highest BCUT2D eigenvalue weighted by Gasteiger charge is 2.28. The summed E-state index contributed by atoms with van der Waals surface area (Å²) in [4.78, 5) is 15.8. The van der Waals surface area contributed by atoms with Crippen LogP contribution in [0.3, 0.4) is 0 Å². The van der Waals surface area contributed by atoms with E-state index in [2.05, 4.69) is 15.0 Å². The molecule has 1 aliphatic rings. The molecule has 3 rings (SSSR count). The number of para-hydroxylation sites is 1. The zero-order chi connectivity index (χ0) is 25.4. The number of carbonyl (C=O) groups is 1. The molecular formula is C24H27Cl2N3O5S. The molecule has 1 atom stereocenters. The summed E-state index contributed by atoms with van der Waals surface area (Å²) in [5.74, 6) is 0.299. The average molecular weight is 540 g/mol. The Morgan fingerprint density at radius 3 is 2.60 bits per heavy atom. The second-order valence-corrected chi connectivity index (χ2v) is 10.2. The van der Waals surface area contributed by atoms with Crippen LogP contribution in [0.15, 0.2) is 63.6 Å². The van der Waals surface area contributed by atoms with Crippen molar-refractivity contribution in [1.29, 1.82) is 0 Å². The highest BCUT2D eigenvalue weighted by molar-refractivity contribution is 7.89. The summed E-state index contributed by atoms with van der Waals surface area (Å²) in [6.45, 7) is 2.02. The van der Waals surface area contributed by atoms with Gasteiger partial charge in [-0.3, -0.25) is 9.79 Å². The number of carbonyl (C=O) groups excluding carboxylic acids is 1. The maximum atomic E-state index is 13.2. The minimum Gasteiger partial charge on any atom is -0.465 e. The van der Waals surface area contributed by atoms with Gasteiger partial charge in [-0.2, -0.15) is 0 Å². The van der Waals surface area contributed by atoms with E-state index in [0.717, 1.165) is 12.1 Å². The second kappa shape index (κ2) is 12.4. The van der Waals surface area contributed by atoms with Gasteiger partial charge in [0.1, 0.15) is 18.0 Å². The van der Waals surface area contributed by atoms with Crippen molar-refractivity contribution in [2.45, 2.75) is 37.1 Å². The summed E-state index contributed by atoms with van der Waals surface area (Å²) in [6.07, 6.45) is 3.57. The molecular weight excluding hydrogens is 513 g/mol. The molecule has 0 bridgehead atoms. The molecule has 8 nitrogen and oxygen atoms in total. The van der Waals surface area contributed by atoms with Gasteiger partial charge in [0.2, 0.25) is 10.0 Å². The molecule has 0 amide bonds. The number of hydrogen-bond acceptors (Lipinski definition) is 7. The number of hydrogen-bond donors (Lipinski definition) is 2. The molecule has 2 aromatic carbocycles. The second-order valence-electron chi connectivity index (χ2n) is 7.67. The monoisotopic (exact) mass is 539 g/mol. The van der Waals surface area contributed by atoms with E-state index in [1.54, 1.807) is 44.5 Å². The van der Waals surface area contributed by atoms with Crippen molar-refractivity contribution in [3.8, 4) is 11.5 Å². The average Bonchev–Trinajstić information content (AvgIpc) is 2.82. The van der Waals surface area contributed by atoms with Gasteiger partial charge in [-0.15, -0.1) is 0 Å². The number of benzene rings is 2. The molecule has 0 fully saturated rings. The van der Waals surface area contributed by atoms with Crippen LogP contribution in [0.5, 0.6) is 11.5 Å². The van der Waals surface area contributed by atoms with Gasteiger partial charge in [-0.05, 0) is 56.5 Å². The number of aliphatic imine (C=N–C) groups is 1. The van der Waals surface area contributed by atoms with Gasteiger partial charge < -0.3 is 14.8 Å². The van der Waals surface area contributed by atoms with Gasteiger partial charge in [-0.1, -0.05) is 35.3 Å². The van der Waals surface area contributed by atoms with Crippen molar-refractivity contribution >= 4 is 45.4 Å². The van der Waals surface area contributed by atoms with Gasteiger partial charge in [0.25, 0.3) is 0 Å². The first kappa shape index (κ1) is 27.0. The lowest BCUT2D eigenvalue weighted by molar-refractivity contribution is -0.141. The van der Waals surface area contributed by atoms with Crippen LogP contribution in [0.2, 0.25) is 10.0 Å². The smallest absolute Gasteiger partial charge is 0.325 e. The number of allylic oxidation sites excluding steroid dienone is 1. The lowest BCUT2D eigenvalue weighted by atomic mass is 9.92. The third-order valence-corrected chi connectivity index (χ3v) is 7.31. The van der Waals surface area contributed by atoms with Crippen LogP contribution in [-0.2, 0) is 19.6 Å². The number of sulfonamides is 1. The Balaban J connectivity index is 1.80. The van der Waals surface area contributed by atoms with E-state index >= 15 is 0 Å². The molecule has 188 valence electrons. The summed E-state index contributed by atoms with van der Waals surface area (Å²) in [5, 5.41) is 3.60. The van der Waals surface area contributed by atoms with Crippen molar-refractivity contribution < 1.29 is 22.7 Å². The first-order valence-corrected chi connectivity index (χ1v) is 13.3. The fraction of sp³-hybridized carbons (Fsp3) is 0.333. The number of esters is 1. The highest BCUT2D eigenvalue weighted by Crippen LogP contribution is 2.35. The molecule has 0 heterocycles. The number of rotatable bonds is 10. The molecule has 2 N–H and O–H groups in total. The molecule has 0 aromatic heterocycles. The Hall–Kier alpha value is -2.59. The zero-order valence-electron chi connectivity index (χ0n) is 19.4. The van der Waals surface area contributed by atoms with Crippen molar-refractivity contribution in [2.75, 3.05) is 20.2 Å². The third kappa shape index (κ3) is 7.20. The maximum absolute atomic E-state index is 13.2. The summed E-state index contributed by atoms with van der Waals surface area (Å²) in [5.41, 5.74) is 1.43. The third-order valence-electron chi connectivity index (χ3n) is 5.23. The quantitative estimate of drug-likeness (QED) is 0.334. The predicted molar refractivity (Wildman–Crippen MR) is 137 cm³/mol. The molecule has 11 heteroatoms. The van der Waals surface area contributed by atoms with Gasteiger partial charge in [0, 0.05) is 24.5 Å². The van der Waals surface area contributed by atoms with Crippen LogP contribution in [0.1, 0.15) is 26.2 Å². The van der Waals surface area contributed by atoms with Crippen LogP contribution in [0.25, 0.3) is 0 Å². The first-order chi connectivity index (χ1) is 16.7. The van der Waals surface area contributed by atoms with Crippen LogP contribution < -0.4 is 14.8 Å². The van der Waals surface area contributed by atoms with Crippen molar-refractivity contribution in [3.05, 3.63) is 63.8 Å². The van der Waals surface area contributed by atoms with E-state index in [-0.39, 0.29) is 34.8 Å². The van der Waals surface area contributed by atoms with Gasteiger partial charge in [-0.25, -0.2) is 13.1 Å². The molecule has 2 aromatic rings. The van der Waals surface area contributed by atoms with Crippen LogP contribution in [0, 0.1) is 0 Å². The van der Waals surface area contributed by atoms with E-state index in [9.17, 15) is 13.2 Å². The fourth-order valence-electron chi connectivity index (χ4n) is 3.64. The van der Waals surface area contributed by atoms with Crippen molar-refractivity contribution in [2.24, 2.45) is 4.99 Å². The van der Waals surface area contributed by atoms with Gasteiger partial charge >= 0.3 is 5.97 Å². The summed E-state index contributed by atoms with van der Waals surface area (Å²) in [6, 6.07) is 10.6. The fourth-order valence-corrected chi connectivity index (χ4v) is 5.37. The predicted octanol–water partition coefficient (Wildman–Crippen LogP) is 4.72. The number of ether oxygens (including phenoxy) is 2.